The summed E-state index contributed by atoms with van der Waals surface area (Å²) in [6.07, 6.45) is -1.14. The molecule has 7 nitrogen and oxygen atoms in total. The van der Waals surface area contributed by atoms with Crippen LogP contribution >= 0.6 is 11.6 Å². The fourth-order valence-corrected chi connectivity index (χ4v) is 3.99. The number of rotatable bonds is 3. The number of methoxy groups -OCH3 is 1. The third-order valence-corrected chi connectivity index (χ3v) is 5.46. The first-order valence-corrected chi connectivity index (χ1v) is 9.20. The summed E-state index contributed by atoms with van der Waals surface area (Å²) in [5, 5.41) is 5.84. The van der Waals surface area contributed by atoms with Crippen molar-refractivity contribution in [3.05, 3.63) is 47.0 Å². The van der Waals surface area contributed by atoms with Gasteiger partial charge < -0.3 is 15.4 Å². The quantitative estimate of drug-likeness (QED) is 0.758. The number of hydrogen-bond acceptors (Lipinski definition) is 5. The van der Waals surface area contributed by atoms with E-state index in [2.05, 4.69) is 15.4 Å². The van der Waals surface area contributed by atoms with Crippen LogP contribution in [-0.2, 0) is 14.8 Å². The SMILES string of the molecule is COc1ccc(NC(=O)[C@@H]2Nc3cc(C)ccc3S(=O)(=O)N2)cc1Cl. The molecule has 0 bridgehead atoms. The van der Waals surface area contributed by atoms with Crippen molar-refractivity contribution in [2.75, 3.05) is 17.7 Å². The maximum atomic E-state index is 12.4. The smallest absolute Gasteiger partial charge is 0.262 e. The van der Waals surface area contributed by atoms with Gasteiger partial charge in [-0.15, -0.1) is 0 Å². The molecule has 0 spiro atoms. The number of aryl methyl sites for hydroxylation is 1. The molecule has 3 rings (SSSR count). The molecule has 9 heteroatoms. The molecule has 0 aliphatic carbocycles. The van der Waals surface area contributed by atoms with Crippen molar-refractivity contribution in [3.63, 3.8) is 0 Å². The first-order chi connectivity index (χ1) is 11.8. The highest BCUT2D eigenvalue weighted by Crippen LogP contribution is 2.29. The van der Waals surface area contributed by atoms with Crippen molar-refractivity contribution in [2.24, 2.45) is 0 Å². The van der Waals surface area contributed by atoms with Gasteiger partial charge in [-0.1, -0.05) is 17.7 Å². The van der Waals surface area contributed by atoms with E-state index in [1.54, 1.807) is 24.3 Å². The second-order valence-electron chi connectivity index (χ2n) is 5.54. The number of benzene rings is 2. The fourth-order valence-electron chi connectivity index (χ4n) is 2.47. The summed E-state index contributed by atoms with van der Waals surface area (Å²) < 4.78 is 32.0. The minimum absolute atomic E-state index is 0.106. The Hall–Kier alpha value is -2.29. The van der Waals surface area contributed by atoms with E-state index in [1.807, 2.05) is 6.92 Å². The van der Waals surface area contributed by atoms with Crippen LogP contribution in [0.25, 0.3) is 0 Å². The summed E-state index contributed by atoms with van der Waals surface area (Å²) >= 11 is 6.02. The van der Waals surface area contributed by atoms with E-state index in [1.165, 1.54) is 19.2 Å². The van der Waals surface area contributed by atoms with Gasteiger partial charge in [0.1, 0.15) is 10.6 Å². The predicted molar refractivity (Wildman–Crippen MR) is 95.5 cm³/mol. The van der Waals surface area contributed by atoms with Crippen LogP contribution in [-0.4, -0.2) is 27.6 Å². The average molecular weight is 382 g/mol. The van der Waals surface area contributed by atoms with Crippen molar-refractivity contribution in [3.8, 4) is 5.75 Å². The maximum absolute atomic E-state index is 12.4. The predicted octanol–water partition coefficient (Wildman–Crippen LogP) is 2.33. The van der Waals surface area contributed by atoms with Crippen molar-refractivity contribution in [1.29, 1.82) is 0 Å². The number of halogens is 1. The number of sulfonamides is 1. The van der Waals surface area contributed by atoms with Crippen molar-refractivity contribution in [1.82, 2.24) is 4.72 Å². The second kappa shape index (κ2) is 6.55. The highest BCUT2D eigenvalue weighted by Gasteiger charge is 2.33. The van der Waals surface area contributed by atoms with Crippen LogP contribution < -0.4 is 20.1 Å². The zero-order valence-corrected chi connectivity index (χ0v) is 15.0. The molecule has 1 aliphatic rings. The van der Waals surface area contributed by atoms with Crippen molar-refractivity contribution >= 4 is 38.9 Å². The van der Waals surface area contributed by atoms with Gasteiger partial charge in [-0.3, -0.25) is 4.79 Å². The lowest BCUT2D eigenvalue weighted by Gasteiger charge is -2.27. The molecular weight excluding hydrogens is 366 g/mol. The largest absolute Gasteiger partial charge is 0.495 e. The van der Waals surface area contributed by atoms with Crippen molar-refractivity contribution in [2.45, 2.75) is 18.0 Å². The van der Waals surface area contributed by atoms with Crippen LogP contribution in [0.3, 0.4) is 0 Å². The third kappa shape index (κ3) is 3.55. The molecule has 1 atom stereocenters. The molecule has 0 saturated heterocycles. The Kier molecular flexibility index (Phi) is 4.59. The third-order valence-electron chi connectivity index (χ3n) is 3.68. The molecule has 0 saturated carbocycles. The Labute approximate surface area is 150 Å². The monoisotopic (exact) mass is 381 g/mol. The van der Waals surface area contributed by atoms with Crippen LogP contribution in [0.5, 0.6) is 5.75 Å². The lowest BCUT2D eigenvalue weighted by molar-refractivity contribution is -0.117. The number of ether oxygens (including phenoxy) is 1. The summed E-state index contributed by atoms with van der Waals surface area (Å²) in [7, 11) is -2.30. The number of hydrogen-bond donors (Lipinski definition) is 3. The molecule has 1 amide bonds. The molecule has 25 heavy (non-hydrogen) atoms. The number of carbonyl (C=O) groups excluding carboxylic acids is 1. The van der Waals surface area contributed by atoms with Crippen LogP contribution in [0.2, 0.25) is 5.02 Å². The van der Waals surface area contributed by atoms with E-state index in [0.717, 1.165) is 5.56 Å². The lowest BCUT2D eigenvalue weighted by atomic mass is 10.2. The molecule has 3 N–H and O–H groups in total. The summed E-state index contributed by atoms with van der Waals surface area (Å²) in [6, 6.07) is 9.61. The highest BCUT2D eigenvalue weighted by molar-refractivity contribution is 7.89. The fraction of sp³-hybridized carbons (Fsp3) is 0.188. The Morgan fingerprint density at radius 3 is 2.68 bits per heavy atom. The number of fused-ring (bicyclic) bond motifs is 1. The highest BCUT2D eigenvalue weighted by atomic mass is 35.5. The Morgan fingerprint density at radius 2 is 2.00 bits per heavy atom. The molecule has 0 radical (unpaired) electrons. The standard InChI is InChI=1S/C16H16ClN3O4S/c1-9-3-6-14-12(7-9)19-15(20-25(14,22)23)16(21)18-10-4-5-13(24-2)11(17)8-10/h3-8,15,19-20H,1-2H3,(H,18,21)/t15-/m1/s1. The topological polar surface area (TPSA) is 96.5 Å². The van der Waals surface area contributed by atoms with Crippen LogP contribution in [0.15, 0.2) is 41.3 Å². The number of carbonyl (C=O) groups is 1. The second-order valence-corrected chi connectivity index (χ2v) is 7.63. The van der Waals surface area contributed by atoms with E-state index in [-0.39, 0.29) is 4.90 Å². The summed E-state index contributed by atoms with van der Waals surface area (Å²) in [5.41, 5.74) is 1.68. The van der Waals surface area contributed by atoms with Gasteiger partial charge in [0.2, 0.25) is 10.0 Å². The van der Waals surface area contributed by atoms with E-state index in [0.29, 0.717) is 22.1 Å². The minimum atomic E-state index is -3.78. The Bertz CT molecular complexity index is 946. The normalized spacial score (nSPS) is 18.0. The first kappa shape index (κ1) is 17.5. The maximum Gasteiger partial charge on any atom is 0.262 e. The minimum Gasteiger partial charge on any atom is -0.495 e. The molecule has 2 aromatic rings. The number of amides is 1. The molecule has 0 aromatic heterocycles. The van der Waals surface area contributed by atoms with E-state index >= 15 is 0 Å². The number of nitrogens with one attached hydrogen (secondary N) is 3. The Balaban J connectivity index is 1.83. The average Bonchev–Trinajstić information content (AvgIpc) is 2.53. The van der Waals surface area contributed by atoms with Gasteiger partial charge >= 0.3 is 0 Å². The van der Waals surface area contributed by atoms with Gasteiger partial charge in [-0.25, -0.2) is 8.42 Å². The van der Waals surface area contributed by atoms with Gasteiger partial charge in [0.15, 0.2) is 6.17 Å². The summed E-state index contributed by atoms with van der Waals surface area (Å²) in [4.78, 5) is 12.5. The molecule has 0 fully saturated rings. The van der Waals surface area contributed by atoms with E-state index in [9.17, 15) is 13.2 Å². The van der Waals surface area contributed by atoms with Gasteiger partial charge in [-0.05, 0) is 42.8 Å². The van der Waals surface area contributed by atoms with Crippen LogP contribution in [0.4, 0.5) is 11.4 Å². The lowest BCUT2D eigenvalue weighted by Crippen LogP contribution is -2.51. The zero-order valence-electron chi connectivity index (χ0n) is 13.5. The van der Waals surface area contributed by atoms with Crippen molar-refractivity contribution < 1.29 is 17.9 Å². The molecule has 1 heterocycles. The summed E-state index contributed by atoms with van der Waals surface area (Å²) in [6.45, 7) is 1.84. The first-order valence-electron chi connectivity index (χ1n) is 7.34. The molecule has 0 unspecified atom stereocenters. The van der Waals surface area contributed by atoms with Gasteiger partial charge in [-0.2, -0.15) is 4.72 Å². The summed E-state index contributed by atoms with van der Waals surface area (Å²) in [5.74, 6) is -0.0856. The van der Waals surface area contributed by atoms with Crippen LogP contribution in [0.1, 0.15) is 5.56 Å². The molecular formula is C16H16ClN3O4S. The van der Waals surface area contributed by atoms with E-state index < -0.39 is 22.1 Å². The molecule has 132 valence electrons. The van der Waals surface area contributed by atoms with E-state index in [4.69, 9.17) is 16.3 Å². The van der Waals surface area contributed by atoms with Crippen LogP contribution in [0, 0.1) is 6.92 Å². The molecule has 1 aliphatic heterocycles. The van der Waals surface area contributed by atoms with Gasteiger partial charge in [0.25, 0.3) is 5.91 Å². The zero-order chi connectivity index (χ0) is 18.2. The van der Waals surface area contributed by atoms with Gasteiger partial charge in [0, 0.05) is 5.69 Å². The Morgan fingerprint density at radius 1 is 1.24 bits per heavy atom. The number of anilines is 2. The van der Waals surface area contributed by atoms with Gasteiger partial charge in [0.05, 0.1) is 17.8 Å². The molecule has 2 aromatic carbocycles.